The minimum absolute atomic E-state index is 0.134. The standard InChI is InChI=1S/C22H42O4.C12H22O4/c1-3-5-7-9-11-15-19-25-21(23)17-13-14-18-22(24)26-20-16-12-10-8-6-4-2;1-15-11(13)9-7-5-3-4-6-8-10-12(14)16-2/h3-20H2,1-2H3;3-10H2,1-2H3. The van der Waals surface area contributed by atoms with Gasteiger partial charge in [-0.1, -0.05) is 104 Å². The van der Waals surface area contributed by atoms with Gasteiger partial charge in [0, 0.05) is 25.7 Å². The Balaban J connectivity index is 0. The van der Waals surface area contributed by atoms with Crippen molar-refractivity contribution in [2.24, 2.45) is 0 Å². The molecule has 0 aromatic rings. The molecule has 0 aromatic carbocycles. The molecule has 0 radical (unpaired) electrons. The molecular formula is C34H64O8. The molecule has 0 saturated heterocycles. The summed E-state index contributed by atoms with van der Waals surface area (Å²) in [4.78, 5) is 44.8. The van der Waals surface area contributed by atoms with E-state index in [1.807, 2.05) is 0 Å². The molecule has 248 valence electrons. The Bertz CT molecular complexity index is 581. The SMILES string of the molecule is CCCCCCCCOC(=O)CCCCC(=O)OCCCCCCCC.COC(=O)CCCCCCCCC(=O)OC. The quantitative estimate of drug-likeness (QED) is 0.0498. The van der Waals surface area contributed by atoms with E-state index in [2.05, 4.69) is 23.3 Å². The molecule has 0 fully saturated rings. The molecule has 0 N–H and O–H groups in total. The third kappa shape index (κ3) is 35.9. The van der Waals surface area contributed by atoms with Crippen molar-refractivity contribution < 1.29 is 38.1 Å². The summed E-state index contributed by atoms with van der Waals surface area (Å²) in [7, 11) is 2.82. The highest BCUT2D eigenvalue weighted by atomic mass is 16.5. The molecule has 0 amide bonds. The van der Waals surface area contributed by atoms with Crippen LogP contribution in [0.1, 0.15) is 168 Å². The summed E-state index contributed by atoms with van der Waals surface area (Å²) >= 11 is 0. The van der Waals surface area contributed by atoms with Crippen LogP contribution >= 0.6 is 0 Å². The molecule has 0 saturated carbocycles. The molecule has 0 rings (SSSR count). The van der Waals surface area contributed by atoms with Crippen LogP contribution in [0.3, 0.4) is 0 Å². The summed E-state index contributed by atoms with van der Waals surface area (Å²) < 4.78 is 19.5. The van der Waals surface area contributed by atoms with Crippen LogP contribution in [0.4, 0.5) is 0 Å². The first-order chi connectivity index (χ1) is 20.4. The van der Waals surface area contributed by atoms with Crippen LogP contribution < -0.4 is 0 Å². The summed E-state index contributed by atoms with van der Waals surface area (Å²) in [6.07, 6.45) is 23.6. The van der Waals surface area contributed by atoms with Gasteiger partial charge in [0.2, 0.25) is 0 Å². The first-order valence-electron chi connectivity index (χ1n) is 16.9. The van der Waals surface area contributed by atoms with E-state index < -0.39 is 0 Å². The summed E-state index contributed by atoms with van der Waals surface area (Å²) in [5.74, 6) is -0.547. The molecular weight excluding hydrogens is 536 g/mol. The lowest BCUT2D eigenvalue weighted by Gasteiger charge is -2.06. The summed E-state index contributed by atoms with van der Waals surface area (Å²) in [6.45, 7) is 5.48. The summed E-state index contributed by atoms with van der Waals surface area (Å²) in [5.41, 5.74) is 0. The summed E-state index contributed by atoms with van der Waals surface area (Å²) in [6, 6.07) is 0. The molecule has 0 aromatic heterocycles. The van der Waals surface area contributed by atoms with Gasteiger partial charge in [0.25, 0.3) is 0 Å². The fourth-order valence-corrected chi connectivity index (χ4v) is 4.27. The monoisotopic (exact) mass is 600 g/mol. The van der Waals surface area contributed by atoms with Gasteiger partial charge in [0.05, 0.1) is 27.4 Å². The minimum Gasteiger partial charge on any atom is -0.469 e. The predicted octanol–water partition coefficient (Wildman–Crippen LogP) is 8.81. The van der Waals surface area contributed by atoms with Crippen LogP contribution in [0.25, 0.3) is 0 Å². The number of hydrogen-bond donors (Lipinski definition) is 0. The molecule has 8 heteroatoms. The Morgan fingerprint density at radius 2 is 0.619 bits per heavy atom. The molecule has 0 aliphatic rings. The van der Waals surface area contributed by atoms with Gasteiger partial charge in [-0.2, -0.15) is 0 Å². The van der Waals surface area contributed by atoms with Crippen LogP contribution in [0, 0.1) is 0 Å². The van der Waals surface area contributed by atoms with Gasteiger partial charge in [0.1, 0.15) is 0 Å². The van der Waals surface area contributed by atoms with Crippen LogP contribution in [-0.4, -0.2) is 51.3 Å². The molecule has 8 nitrogen and oxygen atoms in total. The molecule has 0 atom stereocenters. The highest BCUT2D eigenvalue weighted by Crippen LogP contribution is 2.10. The topological polar surface area (TPSA) is 105 Å². The fraction of sp³-hybridized carbons (Fsp3) is 0.882. The highest BCUT2D eigenvalue weighted by Gasteiger charge is 2.06. The second-order valence-electron chi connectivity index (χ2n) is 11.0. The number of methoxy groups -OCH3 is 2. The second kappa shape index (κ2) is 35.1. The van der Waals surface area contributed by atoms with Crippen molar-refractivity contribution in [1.29, 1.82) is 0 Å². The minimum atomic E-state index is -0.140. The Hall–Kier alpha value is -2.12. The smallest absolute Gasteiger partial charge is 0.305 e. The van der Waals surface area contributed by atoms with Gasteiger partial charge < -0.3 is 18.9 Å². The number of carbonyl (C=O) groups is 4. The Labute approximate surface area is 257 Å². The third-order valence-electron chi connectivity index (χ3n) is 7.00. The van der Waals surface area contributed by atoms with E-state index in [0.717, 1.165) is 64.2 Å². The molecule has 0 unspecified atom stereocenters. The zero-order valence-corrected chi connectivity index (χ0v) is 27.7. The lowest BCUT2D eigenvalue weighted by Crippen LogP contribution is -2.08. The van der Waals surface area contributed by atoms with Gasteiger partial charge in [0.15, 0.2) is 0 Å². The van der Waals surface area contributed by atoms with Crippen molar-refractivity contribution in [3.63, 3.8) is 0 Å². The van der Waals surface area contributed by atoms with Crippen molar-refractivity contribution in [2.75, 3.05) is 27.4 Å². The maximum Gasteiger partial charge on any atom is 0.305 e. The first kappa shape index (κ1) is 42.0. The molecule has 0 bridgehead atoms. The zero-order valence-electron chi connectivity index (χ0n) is 27.7. The number of rotatable bonds is 28. The van der Waals surface area contributed by atoms with E-state index in [9.17, 15) is 19.2 Å². The van der Waals surface area contributed by atoms with E-state index in [4.69, 9.17) is 9.47 Å². The normalized spacial score (nSPS) is 10.4. The lowest BCUT2D eigenvalue weighted by molar-refractivity contribution is -0.146. The Kier molecular flexibility index (Phi) is 35.1. The second-order valence-corrected chi connectivity index (χ2v) is 11.0. The van der Waals surface area contributed by atoms with Crippen molar-refractivity contribution in [1.82, 2.24) is 0 Å². The van der Waals surface area contributed by atoms with Crippen LogP contribution in [0.2, 0.25) is 0 Å². The predicted molar refractivity (Wildman–Crippen MR) is 168 cm³/mol. The number of carbonyl (C=O) groups excluding carboxylic acids is 4. The lowest BCUT2D eigenvalue weighted by atomic mass is 10.1. The summed E-state index contributed by atoms with van der Waals surface area (Å²) in [5, 5.41) is 0. The molecule has 0 spiro atoms. The zero-order chi connectivity index (χ0) is 31.5. The van der Waals surface area contributed by atoms with Gasteiger partial charge in [-0.15, -0.1) is 0 Å². The highest BCUT2D eigenvalue weighted by molar-refractivity contribution is 5.70. The number of ether oxygens (including phenoxy) is 4. The van der Waals surface area contributed by atoms with Crippen LogP contribution in [-0.2, 0) is 38.1 Å². The van der Waals surface area contributed by atoms with E-state index >= 15 is 0 Å². The van der Waals surface area contributed by atoms with Gasteiger partial charge >= 0.3 is 23.9 Å². The van der Waals surface area contributed by atoms with Crippen molar-refractivity contribution in [3.8, 4) is 0 Å². The molecule has 0 aliphatic heterocycles. The number of esters is 4. The van der Waals surface area contributed by atoms with Crippen molar-refractivity contribution >= 4 is 23.9 Å². The Morgan fingerprint density at radius 3 is 0.952 bits per heavy atom. The maximum absolute atomic E-state index is 11.6. The first-order valence-corrected chi connectivity index (χ1v) is 16.9. The van der Waals surface area contributed by atoms with Gasteiger partial charge in [-0.3, -0.25) is 19.2 Å². The van der Waals surface area contributed by atoms with E-state index in [1.54, 1.807) is 0 Å². The van der Waals surface area contributed by atoms with Gasteiger partial charge in [-0.25, -0.2) is 0 Å². The van der Waals surface area contributed by atoms with Gasteiger partial charge in [-0.05, 0) is 38.5 Å². The number of unbranched alkanes of at least 4 members (excludes halogenated alkanes) is 16. The molecule has 0 heterocycles. The van der Waals surface area contributed by atoms with E-state index in [0.29, 0.717) is 51.7 Å². The largest absolute Gasteiger partial charge is 0.469 e. The molecule has 42 heavy (non-hydrogen) atoms. The van der Waals surface area contributed by atoms with Crippen molar-refractivity contribution in [3.05, 3.63) is 0 Å². The van der Waals surface area contributed by atoms with Crippen LogP contribution in [0.5, 0.6) is 0 Å². The average molecular weight is 601 g/mol. The fourth-order valence-electron chi connectivity index (χ4n) is 4.27. The van der Waals surface area contributed by atoms with Crippen LogP contribution in [0.15, 0.2) is 0 Å². The average Bonchev–Trinajstić information content (AvgIpc) is 2.99. The van der Waals surface area contributed by atoms with Crippen molar-refractivity contribution in [2.45, 2.75) is 168 Å². The number of hydrogen-bond acceptors (Lipinski definition) is 8. The Morgan fingerprint density at radius 1 is 0.357 bits per heavy atom. The molecule has 0 aliphatic carbocycles. The maximum atomic E-state index is 11.6. The van der Waals surface area contributed by atoms with E-state index in [1.165, 1.54) is 65.6 Å². The van der Waals surface area contributed by atoms with E-state index in [-0.39, 0.29) is 23.9 Å². The third-order valence-corrected chi connectivity index (χ3v) is 7.00.